The molecule has 0 saturated carbocycles. The molecule has 0 radical (unpaired) electrons. The average molecular weight is 285 g/mol. The van der Waals surface area contributed by atoms with Crippen molar-refractivity contribution >= 4 is 45.3 Å². The van der Waals surface area contributed by atoms with Gasteiger partial charge in [0.15, 0.2) is 10.3 Å². The topological polar surface area (TPSA) is 65.9 Å². The summed E-state index contributed by atoms with van der Waals surface area (Å²) in [5.74, 6) is 0. The molecule has 8 heteroatoms. The first-order chi connectivity index (χ1) is 7.08. The maximum Gasteiger partial charge on any atom is 1.00 e. The van der Waals surface area contributed by atoms with Crippen molar-refractivity contribution in [1.82, 2.24) is 9.97 Å². The molecule has 16 heavy (non-hydrogen) atoms. The van der Waals surface area contributed by atoms with E-state index in [9.17, 15) is 8.76 Å². The summed E-state index contributed by atoms with van der Waals surface area (Å²) in [7, 11) is 0. The van der Waals surface area contributed by atoms with Crippen molar-refractivity contribution in [1.29, 1.82) is 0 Å². The van der Waals surface area contributed by atoms with Crippen molar-refractivity contribution in [2.45, 2.75) is 4.90 Å². The van der Waals surface area contributed by atoms with E-state index in [0.29, 0.717) is 11.0 Å². The van der Waals surface area contributed by atoms with E-state index in [2.05, 4.69) is 9.97 Å². The average Bonchev–Trinajstić information content (AvgIpc) is 2.19. The zero-order valence-corrected chi connectivity index (χ0v) is 12.4. The Morgan fingerprint density at radius 2 is 1.69 bits per heavy atom. The summed E-state index contributed by atoms with van der Waals surface area (Å²) < 4.78 is 21.4. The fourth-order valence-corrected chi connectivity index (χ4v) is 1.75. The molecule has 0 saturated heterocycles. The third-order valence-electron chi connectivity index (χ3n) is 1.75. The van der Waals surface area contributed by atoms with Gasteiger partial charge in [-0.25, -0.2) is 9.97 Å². The molecule has 0 aliphatic carbocycles. The van der Waals surface area contributed by atoms with Crippen LogP contribution >= 0.6 is 23.2 Å². The van der Waals surface area contributed by atoms with E-state index in [0.717, 1.165) is 0 Å². The van der Waals surface area contributed by atoms with Crippen molar-refractivity contribution in [3.8, 4) is 0 Å². The first kappa shape index (κ1) is 14.3. The second-order valence-corrected chi connectivity index (χ2v) is 4.35. The number of benzene rings is 1. The number of rotatable bonds is 1. The minimum absolute atomic E-state index is 0. The smallest absolute Gasteiger partial charge is 0.768 e. The molecule has 0 aliphatic rings. The third kappa shape index (κ3) is 2.92. The van der Waals surface area contributed by atoms with Gasteiger partial charge >= 0.3 is 29.6 Å². The zero-order chi connectivity index (χ0) is 11.0. The van der Waals surface area contributed by atoms with Crippen LogP contribution in [0, 0.1) is 0 Å². The van der Waals surface area contributed by atoms with Gasteiger partial charge in [0.1, 0.15) is 0 Å². The minimum Gasteiger partial charge on any atom is -0.768 e. The van der Waals surface area contributed by atoms with Gasteiger partial charge in [-0.3, -0.25) is 4.21 Å². The molecule has 1 aromatic heterocycles. The second kappa shape index (κ2) is 5.73. The summed E-state index contributed by atoms with van der Waals surface area (Å²) in [6.07, 6.45) is 0. The molecule has 4 nitrogen and oxygen atoms in total. The number of nitrogens with zero attached hydrogens (tertiary/aromatic N) is 2. The zero-order valence-electron chi connectivity index (χ0n) is 8.11. The quantitative estimate of drug-likeness (QED) is 0.507. The van der Waals surface area contributed by atoms with Crippen molar-refractivity contribution < 1.29 is 38.3 Å². The van der Waals surface area contributed by atoms with Crippen LogP contribution in [-0.2, 0) is 11.1 Å². The number of hydrogen-bond donors (Lipinski definition) is 0. The van der Waals surface area contributed by atoms with Gasteiger partial charge < -0.3 is 4.55 Å². The monoisotopic (exact) mass is 284 g/mol. The van der Waals surface area contributed by atoms with Crippen molar-refractivity contribution in [2.75, 3.05) is 0 Å². The molecule has 1 heterocycles. The van der Waals surface area contributed by atoms with Gasteiger partial charge in [0.25, 0.3) is 0 Å². The Kier molecular flexibility index (Phi) is 5.12. The van der Waals surface area contributed by atoms with Crippen LogP contribution in [0.1, 0.15) is 0 Å². The van der Waals surface area contributed by atoms with Gasteiger partial charge in [0, 0.05) is 4.90 Å². The Hall–Kier alpha value is 0.250. The van der Waals surface area contributed by atoms with E-state index in [4.69, 9.17) is 23.2 Å². The van der Waals surface area contributed by atoms with Crippen molar-refractivity contribution in [2.24, 2.45) is 0 Å². The summed E-state index contributed by atoms with van der Waals surface area (Å²) in [5, 5.41) is 0.151. The summed E-state index contributed by atoms with van der Waals surface area (Å²) in [5.41, 5.74) is 0.893. The van der Waals surface area contributed by atoms with Crippen LogP contribution < -0.4 is 29.6 Å². The van der Waals surface area contributed by atoms with E-state index in [1.807, 2.05) is 0 Å². The summed E-state index contributed by atoms with van der Waals surface area (Å²) in [4.78, 5) is 8.00. The molecule has 0 aliphatic heterocycles. The molecular formula is C8H3Cl2N2NaO2S. The Balaban J connectivity index is 0.00000128. The molecule has 0 fully saturated rings. The van der Waals surface area contributed by atoms with Crippen LogP contribution in [0.3, 0.4) is 0 Å². The minimum atomic E-state index is -2.29. The Morgan fingerprint density at radius 3 is 2.25 bits per heavy atom. The normalized spacial score (nSPS) is 12.2. The fraction of sp³-hybridized carbons (Fsp3) is 0. The van der Waals surface area contributed by atoms with E-state index >= 15 is 0 Å². The Morgan fingerprint density at radius 1 is 1.12 bits per heavy atom. The molecule has 78 valence electrons. The molecule has 0 bridgehead atoms. The van der Waals surface area contributed by atoms with E-state index in [1.54, 1.807) is 0 Å². The van der Waals surface area contributed by atoms with Gasteiger partial charge in [0.05, 0.1) is 11.0 Å². The van der Waals surface area contributed by atoms with Gasteiger partial charge in [-0.2, -0.15) is 0 Å². The predicted octanol–water partition coefficient (Wildman–Crippen LogP) is -0.821. The molecule has 0 N–H and O–H groups in total. The van der Waals surface area contributed by atoms with E-state index < -0.39 is 11.1 Å². The Bertz CT molecular complexity index is 567. The van der Waals surface area contributed by atoms with Gasteiger partial charge in [-0.15, -0.1) is 0 Å². The Labute approximate surface area is 126 Å². The summed E-state index contributed by atoms with van der Waals surface area (Å²) >= 11 is 9.03. The molecule has 2 aromatic rings. The molecule has 0 spiro atoms. The maximum absolute atomic E-state index is 10.7. The van der Waals surface area contributed by atoms with Crippen LogP contribution in [0.25, 0.3) is 11.0 Å². The van der Waals surface area contributed by atoms with Crippen molar-refractivity contribution in [3.05, 3.63) is 28.5 Å². The first-order valence-electron chi connectivity index (χ1n) is 3.80. The van der Waals surface area contributed by atoms with Gasteiger partial charge in [0.2, 0.25) is 0 Å². The summed E-state index contributed by atoms with van der Waals surface area (Å²) in [6, 6.07) is 4.33. The van der Waals surface area contributed by atoms with Crippen LogP contribution in [0.15, 0.2) is 23.1 Å². The molecule has 0 amide bonds. The molecule has 1 atom stereocenters. The largest absolute Gasteiger partial charge is 1.00 e. The van der Waals surface area contributed by atoms with Crippen LogP contribution in [0.5, 0.6) is 0 Å². The van der Waals surface area contributed by atoms with Crippen LogP contribution in [0.4, 0.5) is 0 Å². The maximum atomic E-state index is 10.7. The number of halogens is 2. The van der Waals surface area contributed by atoms with Crippen LogP contribution in [0.2, 0.25) is 10.3 Å². The number of hydrogen-bond acceptors (Lipinski definition) is 4. The molecule has 2 rings (SSSR count). The number of aromatic nitrogens is 2. The fourth-order valence-electron chi connectivity index (χ4n) is 1.09. The predicted molar refractivity (Wildman–Crippen MR) is 56.7 cm³/mol. The van der Waals surface area contributed by atoms with Crippen molar-refractivity contribution in [3.63, 3.8) is 0 Å². The molecule has 1 aromatic carbocycles. The van der Waals surface area contributed by atoms with E-state index in [-0.39, 0.29) is 44.8 Å². The van der Waals surface area contributed by atoms with Crippen LogP contribution in [-0.4, -0.2) is 18.7 Å². The molecule has 1 unspecified atom stereocenters. The molecular weight excluding hydrogens is 282 g/mol. The standard InChI is InChI=1S/C8H4Cl2N2O2S.Na/c9-7-8(10)12-6-3-4(15(13)14)1-2-5(6)11-7;/h1-3H,(H,13,14);/q;+1/p-1. The summed E-state index contributed by atoms with van der Waals surface area (Å²) in [6.45, 7) is 0. The SMILES string of the molecule is O=S([O-])c1ccc2nc(Cl)c(Cl)nc2c1.[Na+]. The van der Waals surface area contributed by atoms with E-state index in [1.165, 1.54) is 18.2 Å². The first-order valence-corrected chi connectivity index (χ1v) is 5.63. The second-order valence-electron chi connectivity index (χ2n) is 2.69. The number of fused-ring (bicyclic) bond motifs is 1. The van der Waals surface area contributed by atoms with Gasteiger partial charge in [-0.1, -0.05) is 23.2 Å². The third-order valence-corrected chi connectivity index (χ3v) is 3.01. The van der Waals surface area contributed by atoms with Gasteiger partial charge in [-0.05, 0) is 29.3 Å².